The van der Waals surface area contributed by atoms with E-state index in [1.807, 2.05) is 0 Å². The zero-order valence-electron chi connectivity index (χ0n) is 16.6. The number of ether oxygens (including phenoxy) is 2. The second-order valence-corrected chi connectivity index (χ2v) is 12.1. The topological polar surface area (TPSA) is 119 Å². The predicted octanol–water partition coefficient (Wildman–Crippen LogP) is 0.552. The molecule has 1 atom stereocenters. The van der Waals surface area contributed by atoms with Gasteiger partial charge in [0, 0.05) is 37.5 Å². The second kappa shape index (κ2) is 8.35. The normalized spacial score (nSPS) is 24.9. The number of fused-ring (bicyclic) bond motifs is 1. The van der Waals surface area contributed by atoms with E-state index < -0.39 is 19.9 Å². The summed E-state index contributed by atoms with van der Waals surface area (Å²) in [5, 5.41) is 2.81. The molecule has 30 heavy (non-hydrogen) atoms. The van der Waals surface area contributed by atoms with Crippen molar-refractivity contribution in [1.29, 1.82) is 0 Å². The molecule has 0 unspecified atom stereocenters. The van der Waals surface area contributed by atoms with Crippen LogP contribution in [0.1, 0.15) is 25.7 Å². The molecule has 0 spiro atoms. The number of hydrogen-bond donors (Lipinski definition) is 1. The van der Waals surface area contributed by atoms with Gasteiger partial charge in [0.15, 0.2) is 21.3 Å². The van der Waals surface area contributed by atoms with Crippen LogP contribution in [0.3, 0.4) is 0 Å². The maximum absolute atomic E-state index is 13.0. The lowest BCUT2D eigenvalue weighted by atomic mass is 9.97. The van der Waals surface area contributed by atoms with E-state index in [1.54, 1.807) is 6.07 Å². The molecular weight excluding hydrogens is 432 g/mol. The van der Waals surface area contributed by atoms with Crippen LogP contribution in [-0.2, 0) is 24.7 Å². The van der Waals surface area contributed by atoms with Gasteiger partial charge in [-0.1, -0.05) is 0 Å². The van der Waals surface area contributed by atoms with Crippen molar-refractivity contribution in [1.82, 2.24) is 9.62 Å². The zero-order chi connectivity index (χ0) is 21.4. The molecule has 0 aliphatic carbocycles. The van der Waals surface area contributed by atoms with E-state index in [0.717, 1.165) is 6.42 Å². The van der Waals surface area contributed by atoms with E-state index in [4.69, 9.17) is 9.47 Å². The van der Waals surface area contributed by atoms with E-state index in [0.29, 0.717) is 44.0 Å². The minimum atomic E-state index is -3.71. The van der Waals surface area contributed by atoms with E-state index in [-0.39, 0.29) is 47.4 Å². The van der Waals surface area contributed by atoms with Crippen LogP contribution >= 0.6 is 0 Å². The number of sulfonamides is 1. The molecule has 2 fully saturated rings. The molecular formula is C19H26N2O7S2. The molecule has 3 aliphatic rings. The molecule has 0 bridgehead atoms. The number of sulfone groups is 1. The summed E-state index contributed by atoms with van der Waals surface area (Å²) in [5.41, 5.74) is 0. The van der Waals surface area contributed by atoms with Crippen LogP contribution < -0.4 is 14.8 Å². The third-order valence-corrected chi connectivity index (χ3v) is 9.42. The number of amides is 1. The van der Waals surface area contributed by atoms with Crippen LogP contribution in [0.5, 0.6) is 11.5 Å². The number of hydrogen-bond acceptors (Lipinski definition) is 7. The van der Waals surface area contributed by atoms with E-state index in [9.17, 15) is 21.6 Å². The van der Waals surface area contributed by atoms with Crippen LogP contribution in [0.2, 0.25) is 0 Å². The van der Waals surface area contributed by atoms with Gasteiger partial charge < -0.3 is 14.8 Å². The fourth-order valence-corrected chi connectivity index (χ4v) is 7.20. The third kappa shape index (κ3) is 4.57. The van der Waals surface area contributed by atoms with Crippen LogP contribution in [-0.4, -0.2) is 70.9 Å². The summed E-state index contributed by atoms with van der Waals surface area (Å²) in [7, 11) is -6.77. The minimum absolute atomic E-state index is 0.0178. The molecule has 1 N–H and O–H groups in total. The Labute approximate surface area is 176 Å². The first-order valence-electron chi connectivity index (χ1n) is 10.2. The first-order chi connectivity index (χ1) is 14.2. The quantitative estimate of drug-likeness (QED) is 0.700. The Balaban J connectivity index is 1.37. The summed E-state index contributed by atoms with van der Waals surface area (Å²) >= 11 is 0. The van der Waals surface area contributed by atoms with Crippen LogP contribution in [0.4, 0.5) is 0 Å². The van der Waals surface area contributed by atoms with Crippen LogP contribution in [0.25, 0.3) is 0 Å². The lowest BCUT2D eigenvalue weighted by Crippen LogP contribution is -2.45. The van der Waals surface area contributed by atoms with Crippen molar-refractivity contribution in [2.75, 3.05) is 37.8 Å². The summed E-state index contributed by atoms with van der Waals surface area (Å²) in [6.45, 7) is 1.47. The van der Waals surface area contributed by atoms with Gasteiger partial charge in [-0.05, 0) is 31.4 Å². The van der Waals surface area contributed by atoms with Gasteiger partial charge in [0.2, 0.25) is 15.9 Å². The second-order valence-electron chi connectivity index (χ2n) is 7.95. The molecule has 0 saturated carbocycles. The molecule has 3 heterocycles. The van der Waals surface area contributed by atoms with Crippen molar-refractivity contribution in [3.8, 4) is 11.5 Å². The van der Waals surface area contributed by atoms with Crippen molar-refractivity contribution in [2.24, 2.45) is 5.92 Å². The summed E-state index contributed by atoms with van der Waals surface area (Å²) in [6, 6.07) is 4.28. The Morgan fingerprint density at radius 3 is 2.43 bits per heavy atom. The maximum atomic E-state index is 13.0. The fraction of sp³-hybridized carbons (Fsp3) is 0.632. The standard InChI is InChI=1S/C19H26N2O7S2/c22-19(20-15-6-11-29(23,24)13-15)14-4-7-21(8-5-14)30(25,26)16-2-3-17-18(12-16)28-10-1-9-27-17/h2-3,12,14-15H,1,4-11,13H2,(H,20,22)/t15-/m1/s1. The summed E-state index contributed by atoms with van der Waals surface area (Å²) in [4.78, 5) is 12.6. The van der Waals surface area contributed by atoms with Crippen molar-refractivity contribution in [3.63, 3.8) is 0 Å². The molecule has 166 valence electrons. The highest BCUT2D eigenvalue weighted by molar-refractivity contribution is 7.91. The van der Waals surface area contributed by atoms with Crippen molar-refractivity contribution >= 4 is 25.8 Å². The molecule has 1 aromatic carbocycles. The molecule has 9 nitrogen and oxygen atoms in total. The Kier molecular flexibility index (Phi) is 5.95. The van der Waals surface area contributed by atoms with Crippen molar-refractivity contribution in [2.45, 2.75) is 36.6 Å². The zero-order valence-corrected chi connectivity index (χ0v) is 18.2. The Morgan fingerprint density at radius 2 is 1.77 bits per heavy atom. The number of nitrogens with zero attached hydrogens (tertiary/aromatic N) is 1. The molecule has 3 aliphatic heterocycles. The van der Waals surface area contributed by atoms with Crippen LogP contribution in [0.15, 0.2) is 23.1 Å². The number of carbonyl (C=O) groups is 1. The van der Waals surface area contributed by atoms with Gasteiger partial charge in [0.05, 0.1) is 29.6 Å². The third-order valence-electron chi connectivity index (χ3n) is 5.76. The van der Waals surface area contributed by atoms with Crippen LogP contribution in [0, 0.1) is 5.92 Å². The monoisotopic (exact) mass is 458 g/mol. The molecule has 1 amide bonds. The van der Waals surface area contributed by atoms with E-state index in [1.165, 1.54) is 16.4 Å². The van der Waals surface area contributed by atoms with Gasteiger partial charge in [-0.15, -0.1) is 0 Å². The van der Waals surface area contributed by atoms with Gasteiger partial charge in [0.1, 0.15) is 0 Å². The molecule has 0 radical (unpaired) electrons. The SMILES string of the molecule is O=C(N[C@@H]1CCS(=O)(=O)C1)C1CCN(S(=O)(=O)c2ccc3c(c2)OCCCO3)CC1. The maximum Gasteiger partial charge on any atom is 0.243 e. The Hall–Kier alpha value is -1.85. The minimum Gasteiger partial charge on any atom is -0.490 e. The highest BCUT2D eigenvalue weighted by Crippen LogP contribution is 2.33. The molecule has 4 rings (SSSR count). The predicted molar refractivity (Wildman–Crippen MR) is 109 cm³/mol. The van der Waals surface area contributed by atoms with Gasteiger partial charge >= 0.3 is 0 Å². The molecule has 0 aromatic heterocycles. The van der Waals surface area contributed by atoms with Gasteiger partial charge in [-0.2, -0.15) is 4.31 Å². The summed E-state index contributed by atoms with van der Waals surface area (Å²) in [6.07, 6.45) is 1.97. The first-order valence-corrected chi connectivity index (χ1v) is 13.4. The van der Waals surface area contributed by atoms with Crippen molar-refractivity contribution < 1.29 is 31.1 Å². The van der Waals surface area contributed by atoms with E-state index >= 15 is 0 Å². The lowest BCUT2D eigenvalue weighted by Gasteiger charge is -2.31. The Morgan fingerprint density at radius 1 is 1.07 bits per heavy atom. The Bertz CT molecular complexity index is 1020. The highest BCUT2D eigenvalue weighted by atomic mass is 32.2. The number of piperidine rings is 1. The number of nitrogens with one attached hydrogen (secondary N) is 1. The average molecular weight is 459 g/mol. The first kappa shape index (κ1) is 21.4. The van der Waals surface area contributed by atoms with Gasteiger partial charge in [0.25, 0.3) is 0 Å². The highest BCUT2D eigenvalue weighted by Gasteiger charge is 2.35. The average Bonchev–Trinajstić information content (AvgIpc) is 2.91. The largest absolute Gasteiger partial charge is 0.490 e. The number of benzene rings is 1. The fourth-order valence-electron chi connectivity index (χ4n) is 4.04. The van der Waals surface area contributed by atoms with Crippen molar-refractivity contribution in [3.05, 3.63) is 18.2 Å². The van der Waals surface area contributed by atoms with E-state index in [2.05, 4.69) is 5.32 Å². The van der Waals surface area contributed by atoms with Gasteiger partial charge in [-0.3, -0.25) is 4.79 Å². The summed E-state index contributed by atoms with van der Waals surface area (Å²) < 4.78 is 61.7. The number of rotatable bonds is 4. The molecule has 11 heteroatoms. The lowest BCUT2D eigenvalue weighted by molar-refractivity contribution is -0.126. The molecule has 2 saturated heterocycles. The smallest absolute Gasteiger partial charge is 0.243 e. The summed E-state index contributed by atoms with van der Waals surface area (Å²) in [5.74, 6) is 0.540. The molecule has 1 aromatic rings. The van der Waals surface area contributed by atoms with Gasteiger partial charge in [-0.25, -0.2) is 16.8 Å². The number of carbonyl (C=O) groups excluding carboxylic acids is 1.